The molecule has 0 aliphatic carbocycles. The first-order chi connectivity index (χ1) is 10.0. The van der Waals surface area contributed by atoms with Crippen molar-refractivity contribution in [1.82, 2.24) is 4.90 Å². The van der Waals surface area contributed by atoms with Crippen LogP contribution in [0.3, 0.4) is 0 Å². The number of carbonyl (C=O) groups is 2. The van der Waals surface area contributed by atoms with Crippen LogP contribution in [0.25, 0.3) is 0 Å². The fourth-order valence-corrected chi connectivity index (χ4v) is 2.26. The number of anilines is 1. The fourth-order valence-electron chi connectivity index (χ4n) is 2.26. The third kappa shape index (κ3) is 3.43. The van der Waals surface area contributed by atoms with Crippen molar-refractivity contribution in [2.45, 2.75) is 18.9 Å². The summed E-state index contributed by atoms with van der Waals surface area (Å²) in [7, 11) is 1.67. The zero-order chi connectivity index (χ0) is 15.4. The number of nitrogens with zero attached hydrogens (tertiary/aromatic N) is 1. The first kappa shape index (κ1) is 15.1. The maximum Gasteiger partial charge on any atom is 0.339 e. The molecule has 0 bridgehead atoms. The Labute approximate surface area is 122 Å². The number of carboxylic acid groups (broad SMARTS) is 1. The minimum absolute atomic E-state index is 0.0727. The number of para-hydroxylation sites is 1. The Morgan fingerprint density at radius 3 is 2.62 bits per heavy atom. The molecule has 0 radical (unpaired) electrons. The second-order valence-corrected chi connectivity index (χ2v) is 4.89. The van der Waals surface area contributed by atoms with Crippen LogP contribution in [0.1, 0.15) is 23.2 Å². The molecule has 2 rings (SSSR count). The topological polar surface area (TPSA) is 99.1 Å². The smallest absolute Gasteiger partial charge is 0.339 e. The fraction of sp³-hybridized carbons (Fsp3) is 0.429. The number of phenols is 1. The van der Waals surface area contributed by atoms with E-state index in [9.17, 15) is 14.7 Å². The van der Waals surface area contributed by atoms with E-state index in [1.54, 1.807) is 11.9 Å². The highest BCUT2D eigenvalue weighted by Crippen LogP contribution is 2.28. The molecule has 1 aromatic carbocycles. The van der Waals surface area contributed by atoms with Crippen molar-refractivity contribution in [2.75, 3.05) is 25.6 Å². The number of carbonyl (C=O) groups excluding carboxylic acids is 1. The molecule has 0 spiro atoms. The van der Waals surface area contributed by atoms with Gasteiger partial charge in [0, 0.05) is 26.3 Å². The Bertz CT molecular complexity index is 540. The first-order valence-corrected chi connectivity index (χ1v) is 6.67. The highest BCUT2D eigenvalue weighted by atomic mass is 16.5. The van der Waals surface area contributed by atoms with Gasteiger partial charge in [-0.3, -0.25) is 0 Å². The number of rotatable bonds is 3. The number of benzene rings is 1. The molecular formula is C14H18N2O5. The molecule has 0 atom stereocenters. The Morgan fingerprint density at radius 1 is 1.33 bits per heavy atom. The van der Waals surface area contributed by atoms with Gasteiger partial charge < -0.3 is 25.2 Å². The molecule has 0 unspecified atom stereocenters. The molecule has 7 nitrogen and oxygen atoms in total. The van der Waals surface area contributed by atoms with Crippen LogP contribution in [0.4, 0.5) is 10.5 Å². The number of aromatic hydroxyl groups is 1. The molecule has 1 fully saturated rings. The van der Waals surface area contributed by atoms with Crippen molar-refractivity contribution in [1.29, 1.82) is 0 Å². The van der Waals surface area contributed by atoms with Gasteiger partial charge in [0.25, 0.3) is 0 Å². The molecule has 114 valence electrons. The summed E-state index contributed by atoms with van der Waals surface area (Å²) in [6.45, 7) is 1.23. The van der Waals surface area contributed by atoms with E-state index in [0.717, 1.165) is 12.8 Å². The predicted molar refractivity (Wildman–Crippen MR) is 75.7 cm³/mol. The van der Waals surface area contributed by atoms with E-state index >= 15 is 0 Å². The summed E-state index contributed by atoms with van der Waals surface area (Å²) in [6.07, 6.45) is 1.51. The Hall–Kier alpha value is -2.28. The summed E-state index contributed by atoms with van der Waals surface area (Å²) >= 11 is 0. The number of hydrogen-bond donors (Lipinski definition) is 3. The quantitative estimate of drug-likeness (QED) is 0.737. The monoisotopic (exact) mass is 294 g/mol. The van der Waals surface area contributed by atoms with Gasteiger partial charge >= 0.3 is 12.0 Å². The van der Waals surface area contributed by atoms with Gasteiger partial charge in [-0.2, -0.15) is 0 Å². The van der Waals surface area contributed by atoms with E-state index in [0.29, 0.717) is 13.2 Å². The molecule has 1 heterocycles. The number of ether oxygens (including phenoxy) is 1. The molecule has 3 N–H and O–H groups in total. The lowest BCUT2D eigenvalue weighted by Gasteiger charge is -2.31. The number of hydrogen-bond acceptors (Lipinski definition) is 4. The number of urea groups is 1. The van der Waals surface area contributed by atoms with Gasteiger partial charge in [0.05, 0.1) is 5.69 Å². The molecule has 1 aliphatic heterocycles. The normalized spacial score (nSPS) is 15.5. The van der Waals surface area contributed by atoms with Gasteiger partial charge in [-0.15, -0.1) is 0 Å². The van der Waals surface area contributed by atoms with E-state index in [1.165, 1.54) is 18.2 Å². The first-order valence-electron chi connectivity index (χ1n) is 6.67. The highest BCUT2D eigenvalue weighted by Gasteiger charge is 2.23. The number of nitrogens with one attached hydrogen (secondary N) is 1. The minimum atomic E-state index is -1.25. The van der Waals surface area contributed by atoms with Crippen molar-refractivity contribution >= 4 is 17.7 Å². The standard InChI is InChI=1S/C14H18N2O5/c1-16(9-5-7-21-8-6-9)14(20)15-11-4-2-3-10(12(11)17)13(18)19/h2-4,9,17H,5-8H2,1H3,(H,15,20)(H,18,19). The summed E-state index contributed by atoms with van der Waals surface area (Å²) in [4.78, 5) is 24.7. The predicted octanol–water partition coefficient (Wildman–Crippen LogP) is 1.73. The van der Waals surface area contributed by atoms with Gasteiger partial charge in [-0.25, -0.2) is 9.59 Å². The van der Waals surface area contributed by atoms with Crippen LogP contribution in [0.5, 0.6) is 5.75 Å². The van der Waals surface area contributed by atoms with Crippen LogP contribution in [-0.2, 0) is 4.74 Å². The number of amides is 2. The molecular weight excluding hydrogens is 276 g/mol. The van der Waals surface area contributed by atoms with Crippen LogP contribution in [-0.4, -0.2) is 53.4 Å². The molecule has 0 saturated carbocycles. The van der Waals surface area contributed by atoms with Crippen LogP contribution in [0.2, 0.25) is 0 Å². The van der Waals surface area contributed by atoms with Crippen molar-refractivity contribution in [3.63, 3.8) is 0 Å². The highest BCUT2D eigenvalue weighted by molar-refractivity contribution is 5.97. The SMILES string of the molecule is CN(C(=O)Nc1cccc(C(=O)O)c1O)C1CCOCC1. The molecule has 0 aromatic heterocycles. The van der Waals surface area contributed by atoms with Crippen molar-refractivity contribution in [3.05, 3.63) is 23.8 Å². The van der Waals surface area contributed by atoms with E-state index in [1.807, 2.05) is 0 Å². The van der Waals surface area contributed by atoms with E-state index in [-0.39, 0.29) is 23.3 Å². The van der Waals surface area contributed by atoms with Gasteiger partial charge in [-0.05, 0) is 25.0 Å². The van der Waals surface area contributed by atoms with Crippen LogP contribution >= 0.6 is 0 Å². The summed E-state index contributed by atoms with van der Waals surface area (Å²) in [5, 5.41) is 21.3. The lowest BCUT2D eigenvalue weighted by atomic mass is 10.1. The largest absolute Gasteiger partial charge is 0.505 e. The second kappa shape index (κ2) is 6.45. The molecule has 1 aliphatic rings. The van der Waals surface area contributed by atoms with Crippen molar-refractivity contribution < 1.29 is 24.5 Å². The average molecular weight is 294 g/mol. The summed E-state index contributed by atoms with van der Waals surface area (Å²) in [5.41, 5.74) is -0.166. The van der Waals surface area contributed by atoms with Gasteiger partial charge in [0.2, 0.25) is 0 Å². The second-order valence-electron chi connectivity index (χ2n) is 4.89. The van der Waals surface area contributed by atoms with Gasteiger partial charge in [-0.1, -0.05) is 6.07 Å². The molecule has 1 aromatic rings. The van der Waals surface area contributed by atoms with Crippen LogP contribution in [0.15, 0.2) is 18.2 Å². The zero-order valence-electron chi connectivity index (χ0n) is 11.7. The molecule has 1 saturated heterocycles. The van der Waals surface area contributed by atoms with E-state index < -0.39 is 11.7 Å². The Balaban J connectivity index is 2.08. The number of aromatic carboxylic acids is 1. The van der Waals surface area contributed by atoms with Crippen molar-refractivity contribution in [2.24, 2.45) is 0 Å². The average Bonchev–Trinajstić information content (AvgIpc) is 2.49. The Morgan fingerprint density at radius 2 is 2.00 bits per heavy atom. The summed E-state index contributed by atoms with van der Waals surface area (Å²) in [6, 6.07) is 3.88. The molecule has 21 heavy (non-hydrogen) atoms. The summed E-state index contributed by atoms with van der Waals surface area (Å²) < 4.78 is 5.25. The maximum absolute atomic E-state index is 12.2. The third-order valence-corrected chi connectivity index (χ3v) is 3.57. The zero-order valence-corrected chi connectivity index (χ0v) is 11.7. The van der Waals surface area contributed by atoms with E-state index in [2.05, 4.69) is 5.32 Å². The lowest BCUT2D eigenvalue weighted by molar-refractivity contribution is 0.0544. The summed E-state index contributed by atoms with van der Waals surface area (Å²) in [5.74, 6) is -1.69. The van der Waals surface area contributed by atoms with Gasteiger partial charge in [0.1, 0.15) is 5.56 Å². The molecule has 7 heteroatoms. The lowest BCUT2D eigenvalue weighted by Crippen LogP contribution is -2.42. The van der Waals surface area contributed by atoms with E-state index in [4.69, 9.17) is 9.84 Å². The Kier molecular flexibility index (Phi) is 4.64. The third-order valence-electron chi connectivity index (χ3n) is 3.57. The van der Waals surface area contributed by atoms with Gasteiger partial charge in [0.15, 0.2) is 5.75 Å². The number of carboxylic acids is 1. The maximum atomic E-state index is 12.2. The van der Waals surface area contributed by atoms with Crippen LogP contribution in [0, 0.1) is 0 Å². The molecule has 2 amide bonds. The van der Waals surface area contributed by atoms with Crippen LogP contribution < -0.4 is 5.32 Å². The minimum Gasteiger partial charge on any atom is -0.505 e. The van der Waals surface area contributed by atoms with Crippen molar-refractivity contribution in [3.8, 4) is 5.75 Å².